The van der Waals surface area contributed by atoms with Crippen LogP contribution < -0.4 is 16.1 Å². The lowest BCUT2D eigenvalue weighted by Crippen LogP contribution is -2.37. The van der Waals surface area contributed by atoms with Gasteiger partial charge in [-0.15, -0.1) is 11.3 Å². The maximum Gasteiger partial charge on any atom is 0.338 e. The summed E-state index contributed by atoms with van der Waals surface area (Å²) in [6, 6.07) is 21.7. The van der Waals surface area contributed by atoms with E-state index in [2.05, 4.69) is 0 Å². The number of halogens is 2. The van der Waals surface area contributed by atoms with Crippen LogP contribution in [0.1, 0.15) is 24.0 Å². The fourth-order valence-corrected chi connectivity index (χ4v) is 5.89. The Hall–Kier alpha value is -3.32. The molecule has 3 aromatic carbocycles. The van der Waals surface area contributed by atoms with Gasteiger partial charge >= 0.3 is 5.97 Å². The predicted octanol–water partition coefficient (Wildman–Crippen LogP) is 6.59. The number of carbonyl (C=O) groups excluding carboxylic acids is 1. The summed E-state index contributed by atoms with van der Waals surface area (Å²) in [4.78, 5) is 29.2. The molecule has 0 fully saturated rings. The van der Waals surface area contributed by atoms with E-state index in [1.54, 1.807) is 48.2 Å². The van der Waals surface area contributed by atoms with Crippen LogP contribution in [-0.2, 0) is 9.53 Å². The van der Waals surface area contributed by atoms with Gasteiger partial charge in [0.05, 0.1) is 18.1 Å². The van der Waals surface area contributed by atoms with E-state index in [-0.39, 0.29) is 23.4 Å². The number of benzene rings is 3. The summed E-state index contributed by atoms with van der Waals surface area (Å²) in [5, 5.41) is 2.13. The third-order valence-corrected chi connectivity index (χ3v) is 7.54. The largest absolute Gasteiger partial charge is 0.463 e. The molecule has 1 aromatic heterocycles. The topological polar surface area (TPSA) is 72.6 Å². The third-order valence-electron chi connectivity index (χ3n) is 5.88. The van der Waals surface area contributed by atoms with Crippen LogP contribution in [0.4, 0.5) is 10.7 Å². The van der Waals surface area contributed by atoms with Crippen LogP contribution >= 0.6 is 34.5 Å². The summed E-state index contributed by atoms with van der Waals surface area (Å²) in [6.07, 6.45) is 0. The predicted molar refractivity (Wildman–Crippen MR) is 143 cm³/mol. The van der Waals surface area contributed by atoms with Crippen molar-refractivity contribution in [2.45, 2.75) is 12.8 Å². The Balaban J connectivity index is 1.91. The van der Waals surface area contributed by atoms with Crippen LogP contribution in [0.5, 0.6) is 0 Å². The van der Waals surface area contributed by atoms with E-state index in [1.165, 1.54) is 11.3 Å². The molecule has 0 saturated heterocycles. The van der Waals surface area contributed by atoms with Gasteiger partial charge in [-0.25, -0.2) is 4.79 Å². The molecule has 0 radical (unpaired) electrons. The van der Waals surface area contributed by atoms with Gasteiger partial charge in [0.25, 0.3) is 0 Å². The SMILES string of the molecule is CCOC(=O)C1=C(N)N(c2ccccc2)c2sc3ccc(Cl)cc3c(=O)c2C1c1ccc(Cl)cc1. The van der Waals surface area contributed by atoms with E-state index in [4.69, 9.17) is 33.7 Å². The molecule has 1 aliphatic heterocycles. The van der Waals surface area contributed by atoms with E-state index in [0.717, 1.165) is 10.4 Å². The molecular formula is C27H20Cl2N2O3S. The fraction of sp³-hybridized carbons (Fsp3) is 0.111. The van der Waals surface area contributed by atoms with E-state index in [9.17, 15) is 9.59 Å². The van der Waals surface area contributed by atoms with Crippen LogP contribution in [0.3, 0.4) is 0 Å². The highest BCUT2D eigenvalue weighted by molar-refractivity contribution is 7.22. The second-order valence-electron chi connectivity index (χ2n) is 7.97. The molecule has 0 spiro atoms. The Labute approximate surface area is 216 Å². The zero-order chi connectivity index (χ0) is 24.7. The highest BCUT2D eigenvalue weighted by atomic mass is 35.5. The molecule has 0 amide bonds. The highest BCUT2D eigenvalue weighted by Gasteiger charge is 2.40. The molecule has 5 nitrogen and oxygen atoms in total. The number of rotatable bonds is 4. The van der Waals surface area contributed by atoms with Crippen LogP contribution in [0.2, 0.25) is 10.0 Å². The van der Waals surface area contributed by atoms with Gasteiger partial charge < -0.3 is 10.5 Å². The monoisotopic (exact) mass is 522 g/mol. The standard InChI is InChI=1S/C27H20Cl2N2O3S/c1-2-34-27(33)23-21(15-8-10-16(28)11-9-15)22-24(32)19-14-17(29)12-13-20(19)35-26(22)31(25(23)30)18-6-4-3-5-7-18/h3-14,21H,2,30H2,1H3. The van der Waals surface area contributed by atoms with E-state index in [0.29, 0.717) is 31.6 Å². The molecule has 2 N–H and O–H groups in total. The van der Waals surface area contributed by atoms with Crippen LogP contribution in [-0.4, -0.2) is 12.6 Å². The molecule has 176 valence electrons. The first-order valence-corrected chi connectivity index (χ1v) is 12.5. The molecular weight excluding hydrogens is 503 g/mol. The lowest BCUT2D eigenvalue weighted by atomic mass is 9.82. The van der Waals surface area contributed by atoms with Crippen LogP contribution in [0.15, 0.2) is 89.0 Å². The van der Waals surface area contributed by atoms with Gasteiger partial charge in [-0.1, -0.05) is 53.5 Å². The lowest BCUT2D eigenvalue weighted by Gasteiger charge is -2.36. The summed E-state index contributed by atoms with van der Waals surface area (Å²) < 4.78 is 6.19. The minimum absolute atomic E-state index is 0.168. The summed E-state index contributed by atoms with van der Waals surface area (Å²) >= 11 is 13.8. The quantitative estimate of drug-likeness (QED) is 0.306. The van der Waals surface area contributed by atoms with Crippen molar-refractivity contribution in [2.75, 3.05) is 11.5 Å². The number of fused-ring (bicyclic) bond motifs is 2. The summed E-state index contributed by atoms with van der Waals surface area (Å²) in [7, 11) is 0. The van der Waals surface area contributed by atoms with Crippen molar-refractivity contribution in [2.24, 2.45) is 5.73 Å². The first-order chi connectivity index (χ1) is 16.9. The van der Waals surface area contributed by atoms with Crippen molar-refractivity contribution >= 4 is 61.3 Å². The molecule has 5 rings (SSSR count). The van der Waals surface area contributed by atoms with Gasteiger partial charge in [0.15, 0.2) is 5.43 Å². The molecule has 0 bridgehead atoms. The summed E-state index contributed by atoms with van der Waals surface area (Å²) in [5.41, 5.74) is 8.60. The number of hydrogen-bond donors (Lipinski definition) is 1. The molecule has 0 saturated carbocycles. The van der Waals surface area contributed by atoms with Gasteiger partial charge in [0, 0.05) is 31.4 Å². The van der Waals surface area contributed by atoms with Gasteiger partial charge in [-0.05, 0) is 55.0 Å². The molecule has 1 aliphatic rings. The Kier molecular flexibility index (Phi) is 6.28. The number of nitrogens with two attached hydrogens (primary N) is 1. The highest BCUT2D eigenvalue weighted by Crippen LogP contribution is 2.48. The van der Waals surface area contributed by atoms with Crippen LogP contribution in [0, 0.1) is 0 Å². The third kappa shape index (κ3) is 4.08. The maximum atomic E-state index is 14.1. The van der Waals surface area contributed by atoms with E-state index >= 15 is 0 Å². The number of ether oxygens (including phenoxy) is 1. The maximum absolute atomic E-state index is 14.1. The average molecular weight is 523 g/mol. The lowest BCUT2D eigenvalue weighted by molar-refractivity contribution is -0.138. The van der Waals surface area contributed by atoms with Crippen molar-refractivity contribution < 1.29 is 9.53 Å². The molecule has 8 heteroatoms. The average Bonchev–Trinajstić information content (AvgIpc) is 2.85. The Morgan fingerprint density at radius 2 is 1.71 bits per heavy atom. The van der Waals surface area contributed by atoms with Crippen molar-refractivity contribution in [1.82, 2.24) is 0 Å². The minimum atomic E-state index is -0.742. The molecule has 1 unspecified atom stereocenters. The van der Waals surface area contributed by atoms with Crippen molar-refractivity contribution in [3.05, 3.63) is 116 Å². The molecule has 35 heavy (non-hydrogen) atoms. The van der Waals surface area contributed by atoms with Gasteiger partial charge in [0.1, 0.15) is 10.8 Å². The number of para-hydroxylation sites is 1. The second kappa shape index (κ2) is 9.38. The number of esters is 1. The smallest absolute Gasteiger partial charge is 0.338 e. The van der Waals surface area contributed by atoms with Gasteiger partial charge in [-0.2, -0.15) is 0 Å². The van der Waals surface area contributed by atoms with Crippen molar-refractivity contribution in [3.63, 3.8) is 0 Å². The number of nitrogens with zero attached hydrogens (tertiary/aromatic N) is 1. The molecule has 1 atom stereocenters. The zero-order valence-corrected chi connectivity index (χ0v) is 21.0. The molecule has 0 aliphatic carbocycles. The Morgan fingerprint density at radius 1 is 1.03 bits per heavy atom. The number of anilines is 2. The van der Waals surface area contributed by atoms with Crippen molar-refractivity contribution in [3.8, 4) is 0 Å². The zero-order valence-electron chi connectivity index (χ0n) is 18.6. The fourth-order valence-electron chi connectivity index (χ4n) is 4.37. The second-order valence-corrected chi connectivity index (χ2v) is 9.87. The van der Waals surface area contributed by atoms with E-state index < -0.39 is 11.9 Å². The Bertz CT molecular complexity index is 1530. The van der Waals surface area contributed by atoms with E-state index in [1.807, 2.05) is 36.4 Å². The number of hydrogen-bond acceptors (Lipinski definition) is 6. The first-order valence-electron chi connectivity index (χ1n) is 10.9. The number of carbonyl (C=O) groups is 1. The molecule has 2 heterocycles. The Morgan fingerprint density at radius 3 is 2.40 bits per heavy atom. The van der Waals surface area contributed by atoms with Crippen LogP contribution in [0.25, 0.3) is 10.1 Å². The normalized spacial score (nSPS) is 15.3. The first kappa shape index (κ1) is 23.4. The van der Waals surface area contributed by atoms with Gasteiger partial charge in [0.2, 0.25) is 0 Å². The van der Waals surface area contributed by atoms with Gasteiger partial charge in [-0.3, -0.25) is 9.69 Å². The minimum Gasteiger partial charge on any atom is -0.463 e. The summed E-state index contributed by atoms with van der Waals surface area (Å²) in [6.45, 7) is 1.90. The molecule has 4 aromatic rings. The summed E-state index contributed by atoms with van der Waals surface area (Å²) in [5.74, 6) is -1.11. The van der Waals surface area contributed by atoms with Crippen molar-refractivity contribution in [1.29, 1.82) is 0 Å².